The Balaban J connectivity index is 1.17. The number of hydrogen-bond acceptors (Lipinski definition) is 5. The van der Waals surface area contributed by atoms with E-state index in [1.807, 2.05) is 60.9 Å². The van der Waals surface area contributed by atoms with Crippen molar-refractivity contribution in [3.63, 3.8) is 0 Å². The fourth-order valence-corrected chi connectivity index (χ4v) is 5.18. The predicted molar refractivity (Wildman–Crippen MR) is 154 cm³/mol. The van der Waals surface area contributed by atoms with Crippen LogP contribution < -0.4 is 5.32 Å². The number of fused-ring (bicyclic) bond motifs is 1. The largest absolute Gasteiger partial charge is 0.319 e. The molecule has 7 nitrogen and oxygen atoms in total. The first-order valence-corrected chi connectivity index (χ1v) is 13.6. The molecule has 3 aromatic heterocycles. The highest BCUT2D eigenvalue weighted by atomic mass is 16.1. The number of likely N-dealkylation sites (tertiary alicyclic amines) is 1. The second kappa shape index (κ2) is 11.2. The number of benzene rings is 2. The predicted octanol–water partition coefficient (Wildman–Crippen LogP) is 6.09. The first-order valence-electron chi connectivity index (χ1n) is 13.6. The van der Waals surface area contributed by atoms with Crippen molar-refractivity contribution in [1.82, 2.24) is 25.1 Å². The third-order valence-electron chi connectivity index (χ3n) is 7.50. The van der Waals surface area contributed by atoms with Gasteiger partial charge in [0, 0.05) is 42.0 Å². The Bertz CT molecular complexity index is 1570. The Morgan fingerprint density at radius 1 is 0.949 bits per heavy atom. The zero-order chi connectivity index (χ0) is 26.6. The monoisotopic (exact) mass is 516 g/mol. The number of nitrogens with one attached hydrogen (secondary N) is 2. The lowest BCUT2D eigenvalue weighted by Gasteiger charge is -2.30. The third-order valence-corrected chi connectivity index (χ3v) is 7.50. The fourth-order valence-electron chi connectivity index (χ4n) is 5.18. The molecule has 1 amide bonds. The number of H-pyrrole nitrogens is 1. The maximum atomic E-state index is 13.2. The molecule has 0 saturated carbocycles. The molecule has 4 heterocycles. The summed E-state index contributed by atoms with van der Waals surface area (Å²) in [6.45, 7) is 5.51. The van der Waals surface area contributed by atoms with E-state index < -0.39 is 0 Å². The zero-order valence-corrected chi connectivity index (χ0v) is 22.1. The molecular weight excluding hydrogens is 484 g/mol. The van der Waals surface area contributed by atoms with Crippen LogP contribution in [0.25, 0.3) is 22.0 Å². The number of aromatic nitrogens is 4. The molecule has 1 aliphatic heterocycles. The Hall–Kier alpha value is -4.36. The number of nitrogens with zero attached hydrogens (tertiary/aromatic N) is 4. The highest BCUT2D eigenvalue weighted by molar-refractivity contribution is 6.11. The minimum Gasteiger partial charge on any atom is -0.319 e. The van der Waals surface area contributed by atoms with Gasteiger partial charge in [0.15, 0.2) is 5.69 Å². The van der Waals surface area contributed by atoms with Gasteiger partial charge < -0.3 is 5.32 Å². The molecule has 2 N–H and O–H groups in total. The Kier molecular flexibility index (Phi) is 7.15. The van der Waals surface area contributed by atoms with Gasteiger partial charge in [0.05, 0.1) is 17.4 Å². The van der Waals surface area contributed by atoms with E-state index in [2.05, 4.69) is 55.5 Å². The van der Waals surface area contributed by atoms with Crippen LogP contribution in [0.3, 0.4) is 0 Å². The van der Waals surface area contributed by atoms with Crippen LogP contribution in [0, 0.1) is 5.92 Å². The molecule has 6 rings (SSSR count). The molecule has 7 heteroatoms. The van der Waals surface area contributed by atoms with Crippen molar-refractivity contribution in [2.24, 2.45) is 5.92 Å². The second-order valence-corrected chi connectivity index (χ2v) is 10.5. The molecule has 0 bridgehead atoms. The number of aromatic amines is 1. The van der Waals surface area contributed by atoms with Crippen molar-refractivity contribution in [3.05, 3.63) is 108 Å². The van der Waals surface area contributed by atoms with Crippen molar-refractivity contribution < 1.29 is 4.79 Å². The Labute approximate surface area is 228 Å². The van der Waals surface area contributed by atoms with Gasteiger partial charge in [0.1, 0.15) is 0 Å². The van der Waals surface area contributed by atoms with Gasteiger partial charge in [-0.2, -0.15) is 5.10 Å². The number of hydrogen-bond donors (Lipinski definition) is 2. The van der Waals surface area contributed by atoms with Crippen molar-refractivity contribution in [3.8, 4) is 11.1 Å². The number of carbonyl (C=O) groups excluding carboxylic acids is 1. The SMILES string of the molecule is CC1CCN(Cc2cncc(-c3ccc4[nH]nc(C(=O)Nc5ccc(Cc6ccccc6)nc5)c4c3)c2)CC1. The van der Waals surface area contributed by atoms with Crippen molar-refractivity contribution in [2.75, 3.05) is 18.4 Å². The first kappa shape index (κ1) is 24.9. The topological polar surface area (TPSA) is 86.8 Å². The minimum atomic E-state index is -0.276. The summed E-state index contributed by atoms with van der Waals surface area (Å²) in [6.07, 6.45) is 8.78. The maximum Gasteiger partial charge on any atom is 0.276 e. The summed E-state index contributed by atoms with van der Waals surface area (Å²) in [5, 5.41) is 11.0. The van der Waals surface area contributed by atoms with Crippen molar-refractivity contribution in [1.29, 1.82) is 0 Å². The van der Waals surface area contributed by atoms with Gasteiger partial charge in [-0.1, -0.05) is 43.3 Å². The molecule has 0 unspecified atom stereocenters. The van der Waals surface area contributed by atoms with Gasteiger partial charge in [-0.25, -0.2) is 0 Å². The maximum absolute atomic E-state index is 13.2. The summed E-state index contributed by atoms with van der Waals surface area (Å²) in [5.41, 5.74) is 7.18. The zero-order valence-electron chi connectivity index (χ0n) is 22.1. The highest BCUT2D eigenvalue weighted by Gasteiger charge is 2.18. The smallest absolute Gasteiger partial charge is 0.276 e. The van der Waals surface area contributed by atoms with E-state index in [1.54, 1.807) is 6.20 Å². The van der Waals surface area contributed by atoms with Gasteiger partial charge >= 0.3 is 0 Å². The fraction of sp³-hybridized carbons (Fsp3) is 0.250. The van der Waals surface area contributed by atoms with E-state index >= 15 is 0 Å². The molecule has 0 radical (unpaired) electrons. The molecule has 1 aliphatic rings. The summed E-state index contributed by atoms with van der Waals surface area (Å²) in [6, 6.07) is 22.2. The van der Waals surface area contributed by atoms with E-state index in [9.17, 15) is 4.79 Å². The summed E-state index contributed by atoms with van der Waals surface area (Å²) in [4.78, 5) is 24.7. The Morgan fingerprint density at radius 2 is 1.79 bits per heavy atom. The first-order chi connectivity index (χ1) is 19.1. The van der Waals surface area contributed by atoms with Crippen LogP contribution >= 0.6 is 0 Å². The van der Waals surface area contributed by atoms with Crippen LogP contribution in [0.2, 0.25) is 0 Å². The number of rotatable bonds is 7. The van der Waals surface area contributed by atoms with Crippen LogP contribution in [0.1, 0.15) is 47.1 Å². The van der Waals surface area contributed by atoms with Gasteiger partial charge in [0.25, 0.3) is 5.91 Å². The van der Waals surface area contributed by atoms with Crippen LogP contribution in [0.15, 0.2) is 85.3 Å². The van der Waals surface area contributed by atoms with Crippen LogP contribution in [0.4, 0.5) is 5.69 Å². The summed E-state index contributed by atoms with van der Waals surface area (Å²) < 4.78 is 0. The molecule has 39 heavy (non-hydrogen) atoms. The quantitative estimate of drug-likeness (QED) is 0.273. The van der Waals surface area contributed by atoms with Gasteiger partial charge in [0.2, 0.25) is 0 Å². The second-order valence-electron chi connectivity index (χ2n) is 10.5. The molecule has 0 spiro atoms. The van der Waals surface area contributed by atoms with Crippen LogP contribution in [0.5, 0.6) is 0 Å². The minimum absolute atomic E-state index is 0.276. The lowest BCUT2D eigenvalue weighted by Crippen LogP contribution is -2.32. The molecule has 196 valence electrons. The van der Waals surface area contributed by atoms with Crippen molar-refractivity contribution in [2.45, 2.75) is 32.7 Å². The summed E-state index contributed by atoms with van der Waals surface area (Å²) in [5.74, 6) is 0.538. The molecular formula is C32H32N6O. The van der Waals surface area contributed by atoms with Crippen molar-refractivity contribution >= 4 is 22.5 Å². The van der Waals surface area contributed by atoms with E-state index in [4.69, 9.17) is 0 Å². The molecule has 0 aliphatic carbocycles. The standard InChI is InChI=1S/C32H32N6O/c1-22-11-13-38(14-12-22)21-24-15-26(19-33-18-24)25-7-10-30-29(17-25)31(37-36-30)32(39)35-28-9-8-27(34-20-28)16-23-5-3-2-4-6-23/h2-10,15,17-20,22H,11-14,16,21H2,1H3,(H,35,39)(H,36,37). The summed E-state index contributed by atoms with van der Waals surface area (Å²) in [7, 11) is 0. The lowest BCUT2D eigenvalue weighted by molar-refractivity contribution is 0.102. The van der Waals surface area contributed by atoms with Gasteiger partial charge in [-0.05, 0) is 78.9 Å². The Morgan fingerprint density at radius 3 is 2.59 bits per heavy atom. The number of pyridine rings is 2. The molecule has 1 fully saturated rings. The molecule has 5 aromatic rings. The van der Waals surface area contributed by atoms with E-state index in [1.165, 1.54) is 24.0 Å². The van der Waals surface area contributed by atoms with Crippen LogP contribution in [-0.4, -0.2) is 44.1 Å². The molecule has 1 saturated heterocycles. The van der Waals surface area contributed by atoms with Gasteiger partial charge in [-0.3, -0.25) is 24.8 Å². The molecule has 2 aromatic carbocycles. The average Bonchev–Trinajstić information content (AvgIpc) is 3.40. The number of piperidine rings is 1. The van der Waals surface area contributed by atoms with Gasteiger partial charge in [-0.15, -0.1) is 0 Å². The average molecular weight is 517 g/mol. The highest BCUT2D eigenvalue weighted by Crippen LogP contribution is 2.27. The molecule has 0 atom stereocenters. The van der Waals surface area contributed by atoms with E-state index in [-0.39, 0.29) is 5.91 Å². The third kappa shape index (κ3) is 5.89. The normalized spacial score (nSPS) is 14.5. The van der Waals surface area contributed by atoms with Crippen LogP contribution in [-0.2, 0) is 13.0 Å². The van der Waals surface area contributed by atoms with E-state index in [0.717, 1.165) is 59.7 Å². The number of carbonyl (C=O) groups is 1. The number of amides is 1. The number of anilines is 1. The summed E-state index contributed by atoms with van der Waals surface area (Å²) >= 11 is 0. The van der Waals surface area contributed by atoms with E-state index in [0.29, 0.717) is 11.4 Å². The lowest BCUT2D eigenvalue weighted by atomic mass is 9.98.